The van der Waals surface area contributed by atoms with Crippen LogP contribution in [0.25, 0.3) is 0 Å². The molecular formula is C11H10O2. The van der Waals surface area contributed by atoms with Crippen molar-refractivity contribution in [1.82, 2.24) is 0 Å². The predicted octanol–water partition coefficient (Wildman–Crippen LogP) is 1.62. The monoisotopic (exact) mass is 174 g/mol. The summed E-state index contributed by atoms with van der Waals surface area (Å²) in [6, 6.07) is 0. The first-order valence-corrected chi connectivity index (χ1v) is 4.59. The van der Waals surface area contributed by atoms with Crippen LogP contribution in [0, 0.1) is 23.7 Å². The fraction of sp³-hybridized carbons (Fsp3) is 0.364. The second-order valence-corrected chi connectivity index (χ2v) is 3.95. The molecule has 1 N–H and O–H groups in total. The Bertz CT molecular complexity index is 362. The molecule has 66 valence electrons. The minimum absolute atomic E-state index is 0.169. The van der Waals surface area contributed by atoms with Crippen LogP contribution >= 0.6 is 0 Å². The first-order valence-electron chi connectivity index (χ1n) is 4.59. The molecule has 3 aliphatic rings. The summed E-state index contributed by atoms with van der Waals surface area (Å²) in [6.45, 7) is 0. The van der Waals surface area contributed by atoms with Crippen molar-refractivity contribution in [2.75, 3.05) is 0 Å². The van der Waals surface area contributed by atoms with E-state index in [4.69, 9.17) is 5.11 Å². The lowest BCUT2D eigenvalue weighted by atomic mass is 9.87. The summed E-state index contributed by atoms with van der Waals surface area (Å²) in [6.07, 6.45) is 10.4. The van der Waals surface area contributed by atoms with Gasteiger partial charge >= 0.3 is 5.97 Å². The average Bonchev–Trinajstić information content (AvgIpc) is 2.72. The van der Waals surface area contributed by atoms with Crippen LogP contribution in [0.3, 0.4) is 0 Å². The van der Waals surface area contributed by atoms with Crippen LogP contribution in [0.5, 0.6) is 0 Å². The highest BCUT2D eigenvalue weighted by Gasteiger charge is 2.45. The van der Waals surface area contributed by atoms with Crippen molar-refractivity contribution in [3.05, 3.63) is 36.0 Å². The zero-order valence-corrected chi connectivity index (χ0v) is 7.05. The average molecular weight is 174 g/mol. The van der Waals surface area contributed by atoms with E-state index in [1.807, 2.05) is 6.08 Å². The Hall–Kier alpha value is -1.31. The van der Waals surface area contributed by atoms with Crippen LogP contribution in [0.15, 0.2) is 36.0 Å². The number of carbonyl (C=O) groups is 1. The van der Waals surface area contributed by atoms with Crippen LogP contribution in [0.1, 0.15) is 0 Å². The molecule has 0 aromatic heterocycles. The molecule has 2 heteroatoms. The Balaban J connectivity index is 2.07. The Morgan fingerprint density at radius 2 is 1.85 bits per heavy atom. The second-order valence-electron chi connectivity index (χ2n) is 3.95. The largest absolute Gasteiger partial charge is 0.478 e. The number of carboxylic acids is 1. The molecule has 0 bridgehead atoms. The maximum Gasteiger partial charge on any atom is 0.331 e. The summed E-state index contributed by atoms with van der Waals surface area (Å²) in [5, 5.41) is 8.96. The molecule has 0 unspecified atom stereocenters. The molecule has 0 aromatic carbocycles. The lowest BCUT2D eigenvalue weighted by molar-refractivity contribution is -0.133. The van der Waals surface area contributed by atoms with E-state index in [9.17, 15) is 4.79 Å². The predicted molar refractivity (Wildman–Crippen MR) is 48.0 cm³/mol. The first kappa shape index (κ1) is 7.13. The molecule has 13 heavy (non-hydrogen) atoms. The maximum absolute atomic E-state index is 10.9. The third-order valence-corrected chi connectivity index (χ3v) is 3.38. The summed E-state index contributed by atoms with van der Waals surface area (Å²) in [5.41, 5.74) is 0.595. The smallest absolute Gasteiger partial charge is 0.331 e. The number of aliphatic carboxylic acids is 1. The number of carboxylic acid groups (broad SMARTS) is 1. The Morgan fingerprint density at radius 3 is 2.62 bits per heavy atom. The Kier molecular flexibility index (Phi) is 1.17. The summed E-state index contributed by atoms with van der Waals surface area (Å²) in [7, 11) is 0. The molecular weight excluding hydrogens is 164 g/mol. The lowest BCUT2D eigenvalue weighted by Crippen LogP contribution is -2.15. The summed E-state index contributed by atoms with van der Waals surface area (Å²) >= 11 is 0. The van der Waals surface area contributed by atoms with E-state index in [2.05, 4.69) is 24.3 Å². The van der Waals surface area contributed by atoms with Gasteiger partial charge in [-0.2, -0.15) is 0 Å². The van der Waals surface area contributed by atoms with Crippen LogP contribution in [0.4, 0.5) is 0 Å². The number of hydrogen-bond donors (Lipinski definition) is 1. The zero-order chi connectivity index (χ0) is 9.00. The molecule has 0 fully saturated rings. The van der Waals surface area contributed by atoms with Crippen molar-refractivity contribution in [1.29, 1.82) is 0 Å². The minimum Gasteiger partial charge on any atom is -0.478 e. The van der Waals surface area contributed by atoms with Gasteiger partial charge in [-0.3, -0.25) is 0 Å². The standard InChI is InChI=1S/C11H10O2/c12-11(13)9-5-7-2-1-6-3-4-8(9)10(6)7/h1-8,10H,(H,12,13)/t6-,7+,8+,10+/m1/s1. The van der Waals surface area contributed by atoms with Crippen molar-refractivity contribution in [3.8, 4) is 0 Å². The number of hydrogen-bond acceptors (Lipinski definition) is 1. The molecule has 4 atom stereocenters. The van der Waals surface area contributed by atoms with Crippen LogP contribution in [0.2, 0.25) is 0 Å². The van der Waals surface area contributed by atoms with Gasteiger partial charge in [-0.1, -0.05) is 30.4 Å². The van der Waals surface area contributed by atoms with Gasteiger partial charge in [0, 0.05) is 17.4 Å². The van der Waals surface area contributed by atoms with Gasteiger partial charge in [0.15, 0.2) is 0 Å². The highest BCUT2D eigenvalue weighted by Crippen LogP contribution is 2.50. The van der Waals surface area contributed by atoms with Gasteiger partial charge in [-0.25, -0.2) is 4.79 Å². The lowest BCUT2D eigenvalue weighted by Gasteiger charge is -2.15. The fourth-order valence-corrected chi connectivity index (χ4v) is 2.83. The molecule has 2 nitrogen and oxygen atoms in total. The second kappa shape index (κ2) is 2.13. The van der Waals surface area contributed by atoms with E-state index < -0.39 is 5.97 Å². The van der Waals surface area contributed by atoms with Crippen molar-refractivity contribution in [2.24, 2.45) is 23.7 Å². The third kappa shape index (κ3) is 0.755. The van der Waals surface area contributed by atoms with Crippen molar-refractivity contribution < 1.29 is 9.90 Å². The van der Waals surface area contributed by atoms with E-state index in [0.29, 0.717) is 23.3 Å². The fourth-order valence-electron chi connectivity index (χ4n) is 2.83. The van der Waals surface area contributed by atoms with Gasteiger partial charge in [0.1, 0.15) is 0 Å². The number of allylic oxidation sites excluding steroid dienone is 5. The van der Waals surface area contributed by atoms with E-state index in [-0.39, 0.29) is 5.92 Å². The third-order valence-electron chi connectivity index (χ3n) is 3.38. The highest BCUT2D eigenvalue weighted by atomic mass is 16.4. The molecule has 0 radical (unpaired) electrons. The van der Waals surface area contributed by atoms with Crippen molar-refractivity contribution in [3.63, 3.8) is 0 Å². The molecule has 0 aromatic rings. The molecule has 0 saturated heterocycles. The van der Waals surface area contributed by atoms with E-state index >= 15 is 0 Å². The molecule has 0 amide bonds. The van der Waals surface area contributed by atoms with E-state index in [0.717, 1.165) is 0 Å². The van der Waals surface area contributed by atoms with Crippen molar-refractivity contribution >= 4 is 5.97 Å². The van der Waals surface area contributed by atoms with Gasteiger partial charge in [0.05, 0.1) is 0 Å². The topological polar surface area (TPSA) is 37.3 Å². The van der Waals surface area contributed by atoms with Gasteiger partial charge in [0.2, 0.25) is 0 Å². The molecule has 0 heterocycles. The maximum atomic E-state index is 10.9. The summed E-state index contributed by atoms with van der Waals surface area (Å²) < 4.78 is 0. The normalized spacial score (nSPS) is 43.8. The SMILES string of the molecule is O=C(O)C1=C[C@@H]2C=C[C@@H]3C=C[C@@H]1[C@@H]32. The minimum atomic E-state index is -0.752. The van der Waals surface area contributed by atoms with Crippen LogP contribution < -0.4 is 0 Å². The molecule has 0 saturated carbocycles. The Labute approximate surface area is 76.3 Å². The Morgan fingerprint density at radius 1 is 1.15 bits per heavy atom. The van der Waals surface area contributed by atoms with E-state index in [1.54, 1.807) is 0 Å². The van der Waals surface area contributed by atoms with Gasteiger partial charge in [-0.05, 0) is 11.8 Å². The number of rotatable bonds is 1. The van der Waals surface area contributed by atoms with E-state index in [1.165, 1.54) is 0 Å². The molecule has 0 aliphatic heterocycles. The molecule has 3 rings (SSSR count). The first-order chi connectivity index (χ1) is 6.27. The van der Waals surface area contributed by atoms with Crippen molar-refractivity contribution in [2.45, 2.75) is 0 Å². The molecule has 3 aliphatic carbocycles. The molecule has 0 spiro atoms. The van der Waals surface area contributed by atoms with Crippen LogP contribution in [-0.2, 0) is 4.79 Å². The van der Waals surface area contributed by atoms with Gasteiger partial charge in [0.25, 0.3) is 0 Å². The van der Waals surface area contributed by atoms with Gasteiger partial charge < -0.3 is 5.11 Å². The summed E-state index contributed by atoms with van der Waals surface area (Å²) in [4.78, 5) is 10.9. The quantitative estimate of drug-likeness (QED) is 0.613. The van der Waals surface area contributed by atoms with Gasteiger partial charge in [-0.15, -0.1) is 0 Å². The zero-order valence-electron chi connectivity index (χ0n) is 7.05. The highest BCUT2D eigenvalue weighted by molar-refractivity contribution is 5.89. The summed E-state index contributed by atoms with van der Waals surface area (Å²) in [5.74, 6) is 0.769. The van der Waals surface area contributed by atoms with Crippen LogP contribution in [-0.4, -0.2) is 11.1 Å².